The van der Waals surface area contributed by atoms with Crippen LogP contribution in [0.25, 0.3) is 0 Å². The molecular formula is C4H11O4PS. The average molecular weight is 186 g/mol. The first-order valence-corrected chi connectivity index (χ1v) is 5.38. The first-order chi connectivity index (χ1) is 4.56. The molecule has 10 heavy (non-hydrogen) atoms. The van der Waals surface area contributed by atoms with Crippen LogP contribution in [-0.4, -0.2) is 30.1 Å². The Morgan fingerprint density at radius 3 is 2.40 bits per heavy atom. The van der Waals surface area contributed by atoms with Gasteiger partial charge in [-0.05, 0) is 18.2 Å². The van der Waals surface area contributed by atoms with Gasteiger partial charge in [0.15, 0.2) is 0 Å². The summed E-state index contributed by atoms with van der Waals surface area (Å²) >= 11 is 4.19. The quantitative estimate of drug-likeness (QED) is 0.476. The molecule has 0 spiro atoms. The van der Waals surface area contributed by atoms with Crippen molar-refractivity contribution in [1.29, 1.82) is 0 Å². The maximum absolute atomic E-state index is 8.54. The van der Waals surface area contributed by atoms with Gasteiger partial charge < -0.3 is 19.0 Å². The molecule has 0 amide bonds. The third-order valence-electron chi connectivity index (χ3n) is 0.752. The number of hydrogen-bond donors (Lipinski definition) is 2. The van der Waals surface area contributed by atoms with Gasteiger partial charge in [0, 0.05) is 13.7 Å². The molecule has 0 atom stereocenters. The standard InChI is InChI=1S/C4H11O4PS/c1-7-3-2-4-8-9(5,6)10/h2-4H2,1H3,(H2,5,6,10). The van der Waals surface area contributed by atoms with E-state index in [9.17, 15) is 0 Å². The van der Waals surface area contributed by atoms with Crippen molar-refractivity contribution in [2.45, 2.75) is 6.42 Å². The average Bonchev–Trinajstić information content (AvgIpc) is 1.78. The van der Waals surface area contributed by atoms with Gasteiger partial charge in [0.25, 0.3) is 0 Å². The summed E-state index contributed by atoms with van der Waals surface area (Å²) in [6.45, 7) is -2.66. The van der Waals surface area contributed by atoms with Gasteiger partial charge in [0.05, 0.1) is 6.61 Å². The minimum Gasteiger partial charge on any atom is -0.385 e. The Bertz CT molecular complexity index is 122. The Balaban J connectivity index is 3.13. The molecule has 0 aromatic carbocycles. The van der Waals surface area contributed by atoms with Crippen molar-refractivity contribution < 1.29 is 19.0 Å². The predicted octanol–water partition coefficient (Wildman–Crippen LogP) is 0.249. The van der Waals surface area contributed by atoms with Crippen molar-refractivity contribution in [2.24, 2.45) is 0 Å². The van der Waals surface area contributed by atoms with E-state index in [2.05, 4.69) is 16.3 Å². The molecule has 0 aromatic rings. The van der Waals surface area contributed by atoms with E-state index < -0.39 is 6.72 Å². The Morgan fingerprint density at radius 1 is 1.40 bits per heavy atom. The molecule has 0 saturated carbocycles. The minimum atomic E-state index is -3.43. The van der Waals surface area contributed by atoms with Gasteiger partial charge in [-0.25, -0.2) is 0 Å². The first kappa shape index (κ1) is 10.5. The van der Waals surface area contributed by atoms with E-state index in [1.807, 2.05) is 0 Å². The number of methoxy groups -OCH3 is 1. The van der Waals surface area contributed by atoms with Crippen molar-refractivity contribution in [3.63, 3.8) is 0 Å². The van der Waals surface area contributed by atoms with Crippen LogP contribution in [0, 0.1) is 0 Å². The van der Waals surface area contributed by atoms with Crippen molar-refractivity contribution in [2.75, 3.05) is 20.3 Å². The van der Waals surface area contributed by atoms with E-state index in [1.165, 1.54) is 0 Å². The second-order valence-electron chi connectivity index (χ2n) is 1.67. The molecule has 62 valence electrons. The molecular weight excluding hydrogens is 175 g/mol. The summed E-state index contributed by atoms with van der Waals surface area (Å²) in [6.07, 6.45) is 0.621. The summed E-state index contributed by atoms with van der Waals surface area (Å²) in [5.74, 6) is 0. The van der Waals surface area contributed by atoms with Gasteiger partial charge in [-0.1, -0.05) is 0 Å². The highest BCUT2D eigenvalue weighted by molar-refractivity contribution is 8.06. The van der Waals surface area contributed by atoms with Crippen LogP contribution in [0.15, 0.2) is 0 Å². The highest BCUT2D eigenvalue weighted by Crippen LogP contribution is 2.36. The highest BCUT2D eigenvalue weighted by Gasteiger charge is 2.05. The third-order valence-corrected chi connectivity index (χ3v) is 1.59. The monoisotopic (exact) mass is 186 g/mol. The summed E-state index contributed by atoms with van der Waals surface area (Å²) in [4.78, 5) is 17.1. The van der Waals surface area contributed by atoms with Crippen molar-refractivity contribution in [3.8, 4) is 0 Å². The second kappa shape index (κ2) is 5.18. The zero-order valence-corrected chi connectivity index (χ0v) is 7.40. The van der Waals surface area contributed by atoms with Gasteiger partial charge in [-0.15, -0.1) is 0 Å². The van der Waals surface area contributed by atoms with Crippen LogP contribution in [0.4, 0.5) is 0 Å². The summed E-state index contributed by atoms with van der Waals surface area (Å²) in [6, 6.07) is 0. The van der Waals surface area contributed by atoms with Crippen molar-refractivity contribution in [3.05, 3.63) is 0 Å². The molecule has 0 radical (unpaired) electrons. The molecule has 0 unspecified atom stereocenters. The SMILES string of the molecule is COCCCOP(O)(O)=S. The molecule has 0 saturated heterocycles. The fourth-order valence-electron chi connectivity index (χ4n) is 0.387. The smallest absolute Gasteiger partial charge is 0.321 e. The molecule has 4 nitrogen and oxygen atoms in total. The zero-order valence-electron chi connectivity index (χ0n) is 5.69. The molecule has 0 aromatic heterocycles. The van der Waals surface area contributed by atoms with E-state index in [1.54, 1.807) is 7.11 Å². The molecule has 0 aliphatic rings. The van der Waals surface area contributed by atoms with Crippen molar-refractivity contribution >= 4 is 18.5 Å². The van der Waals surface area contributed by atoms with Crippen LogP contribution in [0.2, 0.25) is 0 Å². The lowest BCUT2D eigenvalue weighted by molar-refractivity contribution is 0.164. The van der Waals surface area contributed by atoms with Gasteiger partial charge in [-0.2, -0.15) is 0 Å². The Labute approximate surface area is 65.0 Å². The topological polar surface area (TPSA) is 58.9 Å². The fourth-order valence-corrected chi connectivity index (χ4v) is 0.977. The lowest BCUT2D eigenvalue weighted by Crippen LogP contribution is -1.96. The van der Waals surface area contributed by atoms with Crippen LogP contribution < -0.4 is 0 Å². The van der Waals surface area contributed by atoms with Crippen LogP contribution in [0.3, 0.4) is 0 Å². The van der Waals surface area contributed by atoms with E-state index in [4.69, 9.17) is 14.5 Å². The maximum Gasteiger partial charge on any atom is 0.321 e. The van der Waals surface area contributed by atoms with E-state index in [0.717, 1.165) is 0 Å². The first-order valence-electron chi connectivity index (χ1n) is 2.75. The maximum atomic E-state index is 8.54. The number of rotatable bonds is 5. The zero-order chi connectivity index (χ0) is 8.04. The lowest BCUT2D eigenvalue weighted by Gasteiger charge is -2.06. The van der Waals surface area contributed by atoms with E-state index in [0.29, 0.717) is 13.0 Å². The van der Waals surface area contributed by atoms with Crippen molar-refractivity contribution in [1.82, 2.24) is 0 Å². The Kier molecular flexibility index (Phi) is 5.44. The molecule has 0 bridgehead atoms. The van der Waals surface area contributed by atoms with Gasteiger partial charge in [0.1, 0.15) is 0 Å². The molecule has 0 rings (SSSR count). The van der Waals surface area contributed by atoms with Gasteiger partial charge in [0.2, 0.25) is 0 Å². The largest absolute Gasteiger partial charge is 0.385 e. The van der Waals surface area contributed by atoms with Crippen LogP contribution in [0.5, 0.6) is 0 Å². The van der Waals surface area contributed by atoms with Crippen LogP contribution in [-0.2, 0) is 21.1 Å². The summed E-state index contributed by atoms with van der Waals surface area (Å²) < 4.78 is 9.18. The summed E-state index contributed by atoms with van der Waals surface area (Å²) in [5, 5.41) is 0. The molecule has 0 aliphatic heterocycles. The Morgan fingerprint density at radius 2 is 2.00 bits per heavy atom. The van der Waals surface area contributed by atoms with E-state index in [-0.39, 0.29) is 6.61 Å². The molecule has 0 aliphatic carbocycles. The highest BCUT2D eigenvalue weighted by atomic mass is 32.5. The molecule has 2 N–H and O–H groups in total. The van der Waals surface area contributed by atoms with Gasteiger partial charge >= 0.3 is 6.72 Å². The van der Waals surface area contributed by atoms with Crippen LogP contribution in [0.1, 0.15) is 6.42 Å². The predicted molar refractivity (Wildman–Crippen MR) is 41.2 cm³/mol. The third kappa shape index (κ3) is 8.49. The minimum absolute atomic E-state index is 0.234. The number of ether oxygens (including phenoxy) is 1. The number of hydrogen-bond acceptors (Lipinski definition) is 3. The normalized spacial score (nSPS) is 11.9. The molecule has 0 fully saturated rings. The van der Waals surface area contributed by atoms with Gasteiger partial charge in [-0.3, -0.25) is 0 Å². The molecule has 0 heterocycles. The fraction of sp³-hybridized carbons (Fsp3) is 1.00. The van der Waals surface area contributed by atoms with E-state index >= 15 is 0 Å². The molecule has 6 heteroatoms. The lowest BCUT2D eigenvalue weighted by atomic mass is 10.5. The second-order valence-corrected chi connectivity index (χ2v) is 4.34. The summed E-state index contributed by atoms with van der Waals surface area (Å²) in [5.41, 5.74) is 0. The van der Waals surface area contributed by atoms with Crippen LogP contribution >= 0.6 is 6.72 Å². The summed E-state index contributed by atoms with van der Waals surface area (Å²) in [7, 11) is 1.56. The Hall–Kier alpha value is 0.490.